The average Bonchev–Trinajstić information content (AvgIpc) is 3.02. The summed E-state index contributed by atoms with van der Waals surface area (Å²) in [6, 6.07) is 4.76. The van der Waals surface area contributed by atoms with Crippen LogP contribution in [0.1, 0.15) is 35.0 Å². The Balaban J connectivity index is 1.86. The van der Waals surface area contributed by atoms with Crippen LogP contribution in [0.25, 0.3) is 11.0 Å². The van der Waals surface area contributed by atoms with Crippen LogP contribution in [0.5, 0.6) is 0 Å². The number of thioether (sulfide) groups is 1. The normalized spacial score (nSPS) is 11.0. The van der Waals surface area contributed by atoms with E-state index in [1.165, 1.54) is 17.4 Å². The third kappa shape index (κ3) is 3.91. The van der Waals surface area contributed by atoms with Crippen LogP contribution in [0.15, 0.2) is 31.8 Å². The Bertz CT molecular complexity index is 994. The lowest BCUT2D eigenvalue weighted by Crippen LogP contribution is -2.15. The molecule has 6 nitrogen and oxygen atoms in total. The van der Waals surface area contributed by atoms with Crippen molar-refractivity contribution in [3.8, 4) is 0 Å². The summed E-state index contributed by atoms with van der Waals surface area (Å²) in [6.45, 7) is 5.94. The molecule has 0 radical (unpaired) electrons. The van der Waals surface area contributed by atoms with E-state index in [0.717, 1.165) is 27.6 Å². The topological polar surface area (TPSA) is 85.1 Å². The predicted molar refractivity (Wildman–Crippen MR) is 101 cm³/mol. The Kier molecular flexibility index (Phi) is 5.19. The number of aromatic nitrogens is 2. The van der Waals surface area contributed by atoms with Gasteiger partial charge in [0.1, 0.15) is 5.58 Å². The number of nitrogens with one attached hydrogen (secondary N) is 1. The van der Waals surface area contributed by atoms with E-state index >= 15 is 0 Å². The minimum Gasteiger partial charge on any atom is -0.451 e. The average molecular weight is 375 g/mol. The van der Waals surface area contributed by atoms with E-state index in [4.69, 9.17) is 4.42 Å². The molecule has 0 saturated carbocycles. The molecule has 0 saturated heterocycles. The molecular weight excluding hydrogens is 358 g/mol. The van der Waals surface area contributed by atoms with Crippen LogP contribution >= 0.6 is 23.1 Å². The van der Waals surface area contributed by atoms with Gasteiger partial charge in [0.25, 0.3) is 5.91 Å². The highest BCUT2D eigenvalue weighted by Gasteiger charge is 2.15. The van der Waals surface area contributed by atoms with E-state index in [2.05, 4.69) is 22.4 Å². The number of carbonyl (C=O) groups is 1. The van der Waals surface area contributed by atoms with Crippen molar-refractivity contribution in [3.63, 3.8) is 0 Å². The third-order valence-corrected chi connectivity index (χ3v) is 5.80. The van der Waals surface area contributed by atoms with E-state index in [-0.39, 0.29) is 11.2 Å². The van der Waals surface area contributed by atoms with Crippen LogP contribution in [0.2, 0.25) is 0 Å². The fraction of sp³-hybridized carbons (Fsp3) is 0.294. The van der Waals surface area contributed by atoms with E-state index < -0.39 is 5.91 Å². The Morgan fingerprint density at radius 3 is 2.76 bits per heavy atom. The number of hydrogen-bond acceptors (Lipinski definition) is 7. The van der Waals surface area contributed by atoms with Gasteiger partial charge in [-0.3, -0.25) is 14.9 Å². The number of amides is 1. The summed E-state index contributed by atoms with van der Waals surface area (Å²) in [5, 5.41) is 11.4. The van der Waals surface area contributed by atoms with E-state index in [9.17, 15) is 9.59 Å². The van der Waals surface area contributed by atoms with Crippen LogP contribution in [0, 0.1) is 13.8 Å². The van der Waals surface area contributed by atoms with Crippen molar-refractivity contribution in [3.05, 3.63) is 45.3 Å². The number of carbonyl (C=O) groups excluding carboxylic acids is 1. The third-order valence-electron chi connectivity index (χ3n) is 3.62. The van der Waals surface area contributed by atoms with E-state index in [1.807, 2.05) is 13.8 Å². The zero-order valence-electron chi connectivity index (χ0n) is 14.1. The highest BCUT2D eigenvalue weighted by atomic mass is 32.2. The van der Waals surface area contributed by atoms with Crippen molar-refractivity contribution in [2.45, 2.75) is 31.5 Å². The van der Waals surface area contributed by atoms with Crippen LogP contribution in [0.3, 0.4) is 0 Å². The van der Waals surface area contributed by atoms with Gasteiger partial charge < -0.3 is 4.42 Å². The fourth-order valence-electron chi connectivity index (χ4n) is 2.19. The molecule has 0 aliphatic heterocycles. The molecule has 25 heavy (non-hydrogen) atoms. The Morgan fingerprint density at radius 2 is 2.00 bits per heavy atom. The zero-order chi connectivity index (χ0) is 18.0. The summed E-state index contributed by atoms with van der Waals surface area (Å²) in [6.07, 6.45) is 1.03. The lowest BCUT2D eigenvalue weighted by atomic mass is 10.1. The standard InChI is InChI=1S/C17H17N3O3S2/c1-4-5-24-17-20-19-16(25-17)18-15(22)14-8-12(21)11-6-9(2)10(3)7-13(11)23-14/h6-8H,4-5H2,1-3H3,(H,18,19,22). The molecule has 1 N–H and O–H groups in total. The number of rotatable bonds is 5. The molecular formula is C17H17N3O3S2. The number of hydrogen-bond donors (Lipinski definition) is 1. The first-order valence-electron chi connectivity index (χ1n) is 7.80. The Labute approximate surface area is 152 Å². The second-order valence-corrected chi connectivity index (χ2v) is 7.90. The number of nitrogens with zero attached hydrogens (tertiary/aromatic N) is 2. The number of aryl methyl sites for hydroxylation is 2. The molecule has 3 aromatic rings. The molecule has 1 amide bonds. The highest BCUT2D eigenvalue weighted by Crippen LogP contribution is 2.26. The first-order chi connectivity index (χ1) is 12.0. The van der Waals surface area contributed by atoms with Gasteiger partial charge in [-0.1, -0.05) is 30.0 Å². The van der Waals surface area contributed by atoms with Crippen molar-refractivity contribution in [2.75, 3.05) is 11.1 Å². The molecule has 0 fully saturated rings. The smallest absolute Gasteiger partial charge is 0.293 e. The van der Waals surface area contributed by atoms with Crippen molar-refractivity contribution in [1.29, 1.82) is 0 Å². The number of fused-ring (bicyclic) bond motifs is 1. The monoisotopic (exact) mass is 375 g/mol. The van der Waals surface area contributed by atoms with E-state index in [1.54, 1.807) is 23.9 Å². The molecule has 130 valence electrons. The Hall–Kier alpha value is -2.19. The second kappa shape index (κ2) is 7.37. The summed E-state index contributed by atoms with van der Waals surface area (Å²) in [7, 11) is 0. The maximum absolute atomic E-state index is 12.4. The van der Waals surface area contributed by atoms with Crippen LogP contribution in [-0.4, -0.2) is 21.9 Å². The van der Waals surface area contributed by atoms with Crippen molar-refractivity contribution in [2.24, 2.45) is 0 Å². The molecule has 1 aromatic carbocycles. The SMILES string of the molecule is CCCSc1nnc(NC(=O)c2cc(=O)c3cc(C)c(C)cc3o2)s1. The predicted octanol–water partition coefficient (Wildman–Crippen LogP) is 4.02. The summed E-state index contributed by atoms with van der Waals surface area (Å²) in [5.41, 5.74) is 2.15. The lowest BCUT2D eigenvalue weighted by Gasteiger charge is -2.05. The van der Waals surface area contributed by atoms with Gasteiger partial charge in [-0.25, -0.2) is 0 Å². The van der Waals surface area contributed by atoms with Crippen molar-refractivity contribution in [1.82, 2.24) is 10.2 Å². The van der Waals surface area contributed by atoms with E-state index in [0.29, 0.717) is 16.1 Å². The van der Waals surface area contributed by atoms with Gasteiger partial charge in [-0.05, 0) is 43.5 Å². The summed E-state index contributed by atoms with van der Waals surface area (Å²) >= 11 is 2.89. The molecule has 8 heteroatoms. The molecule has 3 rings (SSSR count). The molecule has 0 bridgehead atoms. The molecule has 0 unspecified atom stereocenters. The minimum absolute atomic E-state index is 0.0429. The number of anilines is 1. The van der Waals surface area contributed by atoms with Gasteiger partial charge >= 0.3 is 0 Å². The van der Waals surface area contributed by atoms with Gasteiger partial charge in [0.05, 0.1) is 5.39 Å². The maximum atomic E-state index is 12.4. The first-order valence-corrected chi connectivity index (χ1v) is 9.61. The summed E-state index contributed by atoms with van der Waals surface area (Å²) in [4.78, 5) is 24.6. The Morgan fingerprint density at radius 1 is 1.24 bits per heavy atom. The zero-order valence-corrected chi connectivity index (χ0v) is 15.7. The molecule has 2 aromatic heterocycles. The minimum atomic E-state index is -0.514. The summed E-state index contributed by atoms with van der Waals surface area (Å²) < 4.78 is 6.42. The van der Waals surface area contributed by atoms with Crippen molar-refractivity contribution >= 4 is 45.1 Å². The fourth-order valence-corrected chi connectivity index (χ4v) is 3.86. The highest BCUT2D eigenvalue weighted by molar-refractivity contribution is 8.01. The molecule has 0 aliphatic rings. The van der Waals surface area contributed by atoms with Crippen LogP contribution < -0.4 is 10.7 Å². The van der Waals surface area contributed by atoms with Gasteiger partial charge in [-0.2, -0.15) is 0 Å². The van der Waals surface area contributed by atoms with Gasteiger partial charge in [0.2, 0.25) is 5.13 Å². The molecule has 0 spiro atoms. The molecule has 0 atom stereocenters. The second-order valence-electron chi connectivity index (χ2n) is 5.58. The molecule has 0 aliphatic carbocycles. The van der Waals surface area contributed by atoms with Gasteiger partial charge in [0.15, 0.2) is 15.5 Å². The van der Waals surface area contributed by atoms with Crippen LogP contribution in [-0.2, 0) is 0 Å². The quantitative estimate of drug-likeness (QED) is 0.536. The van der Waals surface area contributed by atoms with Crippen molar-refractivity contribution < 1.29 is 9.21 Å². The van der Waals surface area contributed by atoms with Gasteiger partial charge in [0, 0.05) is 11.8 Å². The number of benzene rings is 1. The van der Waals surface area contributed by atoms with Gasteiger partial charge in [-0.15, -0.1) is 10.2 Å². The maximum Gasteiger partial charge on any atom is 0.293 e. The summed E-state index contributed by atoms with van der Waals surface area (Å²) in [5.74, 6) is 0.389. The first kappa shape index (κ1) is 17.6. The van der Waals surface area contributed by atoms with Crippen LogP contribution in [0.4, 0.5) is 5.13 Å². The molecule has 2 heterocycles. The lowest BCUT2D eigenvalue weighted by molar-refractivity contribution is 0.0997. The largest absolute Gasteiger partial charge is 0.451 e.